The van der Waals surface area contributed by atoms with Gasteiger partial charge in [-0.25, -0.2) is 0 Å². The predicted octanol–water partition coefficient (Wildman–Crippen LogP) is 1.87. The fraction of sp³-hybridized carbons (Fsp3) is 0.350. The summed E-state index contributed by atoms with van der Waals surface area (Å²) >= 11 is 6.12. The Morgan fingerprint density at radius 3 is 2.36 bits per heavy atom. The summed E-state index contributed by atoms with van der Waals surface area (Å²) in [7, 11) is 3.67. The zero-order valence-electron chi connectivity index (χ0n) is 14.8. The van der Waals surface area contributed by atoms with Gasteiger partial charge in [-0.05, 0) is 18.2 Å². The lowest BCUT2D eigenvalue weighted by Gasteiger charge is -2.37. The number of carbonyl (C=O) groups is 1. The SMILES string of the molecule is CN(C)C(=O)[C@@H](c1ccccc1)[NH+]1CCN(c2cccc(Cl)c2)CC1. The Bertz CT molecular complexity index is 712. The molecule has 1 fully saturated rings. The minimum absolute atomic E-state index is 0.141. The highest BCUT2D eigenvalue weighted by Gasteiger charge is 2.35. The molecular weight excluding hydrogens is 334 g/mol. The number of piperazine rings is 1. The van der Waals surface area contributed by atoms with Crippen LogP contribution in [0, 0.1) is 0 Å². The number of carbonyl (C=O) groups excluding carboxylic acids is 1. The summed E-state index contributed by atoms with van der Waals surface area (Å²) in [6.45, 7) is 3.68. The molecule has 4 nitrogen and oxygen atoms in total. The summed E-state index contributed by atoms with van der Waals surface area (Å²) in [6.07, 6.45) is 0. The van der Waals surface area contributed by atoms with Crippen LogP contribution in [0.4, 0.5) is 5.69 Å². The van der Waals surface area contributed by atoms with E-state index in [4.69, 9.17) is 11.6 Å². The number of quaternary nitrogens is 1. The van der Waals surface area contributed by atoms with Crippen molar-refractivity contribution in [2.45, 2.75) is 6.04 Å². The Morgan fingerprint density at radius 2 is 1.76 bits per heavy atom. The summed E-state index contributed by atoms with van der Waals surface area (Å²) in [5.74, 6) is 0.164. The number of likely N-dealkylation sites (N-methyl/N-ethyl adjacent to an activating group) is 1. The fourth-order valence-electron chi connectivity index (χ4n) is 3.47. The number of anilines is 1. The standard InChI is InChI=1S/C20H24ClN3O/c1-22(2)20(25)19(16-7-4-3-5-8-16)24-13-11-23(12-14-24)18-10-6-9-17(21)15-18/h3-10,15,19H,11-14H2,1-2H3/p+1/t19-/m1/s1. The number of hydrogen-bond donors (Lipinski definition) is 1. The van der Waals surface area contributed by atoms with E-state index >= 15 is 0 Å². The van der Waals surface area contributed by atoms with E-state index in [9.17, 15) is 4.79 Å². The van der Waals surface area contributed by atoms with Crippen LogP contribution >= 0.6 is 11.6 Å². The van der Waals surface area contributed by atoms with Gasteiger partial charge in [-0.2, -0.15) is 0 Å². The highest BCUT2D eigenvalue weighted by molar-refractivity contribution is 6.30. The van der Waals surface area contributed by atoms with Crippen LogP contribution in [0.25, 0.3) is 0 Å². The Kier molecular flexibility index (Phi) is 5.61. The molecule has 0 aromatic heterocycles. The number of amides is 1. The summed E-state index contributed by atoms with van der Waals surface area (Å²) < 4.78 is 0. The quantitative estimate of drug-likeness (QED) is 0.903. The Labute approximate surface area is 154 Å². The molecule has 0 saturated carbocycles. The van der Waals surface area contributed by atoms with Crippen LogP contribution < -0.4 is 9.80 Å². The van der Waals surface area contributed by atoms with Crippen molar-refractivity contribution in [3.05, 3.63) is 65.2 Å². The lowest BCUT2D eigenvalue weighted by Crippen LogP contribution is -3.16. The van der Waals surface area contributed by atoms with Crippen molar-refractivity contribution in [2.24, 2.45) is 0 Å². The lowest BCUT2D eigenvalue weighted by molar-refractivity contribution is -0.922. The van der Waals surface area contributed by atoms with E-state index in [0.717, 1.165) is 42.5 Å². The fourth-order valence-corrected chi connectivity index (χ4v) is 3.65. The number of halogens is 1. The Balaban J connectivity index is 1.75. The van der Waals surface area contributed by atoms with E-state index in [1.165, 1.54) is 4.90 Å². The summed E-state index contributed by atoms with van der Waals surface area (Å²) in [5.41, 5.74) is 2.24. The average Bonchev–Trinajstić information content (AvgIpc) is 2.63. The van der Waals surface area contributed by atoms with Gasteiger partial charge in [0.2, 0.25) is 0 Å². The molecule has 2 aromatic carbocycles. The second kappa shape index (κ2) is 7.89. The highest BCUT2D eigenvalue weighted by Crippen LogP contribution is 2.20. The molecule has 1 aliphatic rings. The molecule has 25 heavy (non-hydrogen) atoms. The van der Waals surface area contributed by atoms with Crippen molar-refractivity contribution in [3.8, 4) is 0 Å². The number of nitrogens with zero attached hydrogens (tertiary/aromatic N) is 2. The van der Waals surface area contributed by atoms with Gasteiger partial charge < -0.3 is 14.7 Å². The molecule has 0 radical (unpaired) electrons. The Hall–Kier alpha value is -2.04. The first-order chi connectivity index (χ1) is 12.1. The first-order valence-corrected chi connectivity index (χ1v) is 9.05. The molecular formula is C20H25ClN3O+. The third-order valence-electron chi connectivity index (χ3n) is 4.81. The van der Waals surface area contributed by atoms with Gasteiger partial charge in [0.1, 0.15) is 0 Å². The van der Waals surface area contributed by atoms with Crippen LogP contribution in [0.1, 0.15) is 11.6 Å². The second-order valence-electron chi connectivity index (χ2n) is 6.70. The predicted molar refractivity (Wildman–Crippen MR) is 102 cm³/mol. The van der Waals surface area contributed by atoms with Gasteiger partial charge in [0, 0.05) is 30.4 Å². The molecule has 1 atom stereocenters. The van der Waals surface area contributed by atoms with E-state index in [1.54, 1.807) is 4.90 Å². The van der Waals surface area contributed by atoms with Crippen molar-refractivity contribution in [2.75, 3.05) is 45.2 Å². The monoisotopic (exact) mass is 358 g/mol. The molecule has 1 saturated heterocycles. The molecule has 1 amide bonds. The minimum atomic E-state index is -0.141. The maximum absolute atomic E-state index is 12.8. The maximum Gasteiger partial charge on any atom is 0.285 e. The van der Waals surface area contributed by atoms with Crippen LogP contribution in [0.15, 0.2) is 54.6 Å². The minimum Gasteiger partial charge on any atom is -0.360 e. The zero-order chi connectivity index (χ0) is 17.8. The molecule has 1 aliphatic heterocycles. The highest BCUT2D eigenvalue weighted by atomic mass is 35.5. The molecule has 1 N–H and O–H groups in total. The maximum atomic E-state index is 12.8. The number of hydrogen-bond acceptors (Lipinski definition) is 2. The van der Waals surface area contributed by atoms with Crippen LogP contribution in [0.2, 0.25) is 5.02 Å². The van der Waals surface area contributed by atoms with Gasteiger partial charge in [0.15, 0.2) is 6.04 Å². The van der Waals surface area contributed by atoms with Crippen molar-refractivity contribution in [1.29, 1.82) is 0 Å². The van der Waals surface area contributed by atoms with Crippen LogP contribution in [0.3, 0.4) is 0 Å². The zero-order valence-corrected chi connectivity index (χ0v) is 15.5. The number of benzene rings is 2. The van der Waals surface area contributed by atoms with Gasteiger partial charge in [-0.3, -0.25) is 4.79 Å². The molecule has 132 valence electrons. The van der Waals surface area contributed by atoms with Gasteiger partial charge in [0.05, 0.1) is 26.2 Å². The van der Waals surface area contributed by atoms with Crippen molar-refractivity contribution in [3.63, 3.8) is 0 Å². The van der Waals surface area contributed by atoms with E-state index in [0.29, 0.717) is 0 Å². The van der Waals surface area contributed by atoms with Crippen molar-refractivity contribution in [1.82, 2.24) is 4.90 Å². The van der Waals surface area contributed by atoms with Gasteiger partial charge in [-0.1, -0.05) is 48.0 Å². The molecule has 0 spiro atoms. The molecule has 1 heterocycles. The smallest absolute Gasteiger partial charge is 0.285 e. The number of rotatable bonds is 4. The van der Waals surface area contributed by atoms with Crippen LogP contribution in [-0.2, 0) is 4.79 Å². The first-order valence-electron chi connectivity index (χ1n) is 8.67. The summed E-state index contributed by atoms with van der Waals surface area (Å²) in [4.78, 5) is 18.2. The van der Waals surface area contributed by atoms with E-state index in [-0.39, 0.29) is 11.9 Å². The first kappa shape index (κ1) is 17.8. The van der Waals surface area contributed by atoms with E-state index in [2.05, 4.69) is 23.1 Å². The van der Waals surface area contributed by atoms with Crippen LogP contribution in [-0.4, -0.2) is 51.1 Å². The normalized spacial score (nSPS) is 16.5. The Morgan fingerprint density at radius 1 is 1.08 bits per heavy atom. The van der Waals surface area contributed by atoms with Crippen LogP contribution in [0.5, 0.6) is 0 Å². The largest absolute Gasteiger partial charge is 0.360 e. The van der Waals surface area contributed by atoms with Gasteiger partial charge >= 0.3 is 0 Å². The van der Waals surface area contributed by atoms with E-state index in [1.807, 2.05) is 50.5 Å². The molecule has 0 aliphatic carbocycles. The molecule has 0 unspecified atom stereocenters. The average molecular weight is 359 g/mol. The lowest BCUT2D eigenvalue weighted by atomic mass is 10.0. The summed E-state index contributed by atoms with van der Waals surface area (Å²) in [5, 5.41) is 0.761. The third kappa shape index (κ3) is 4.14. The molecule has 0 bridgehead atoms. The molecule has 5 heteroatoms. The van der Waals surface area contributed by atoms with Crippen molar-refractivity contribution < 1.29 is 9.69 Å². The topological polar surface area (TPSA) is 28.0 Å². The van der Waals surface area contributed by atoms with Crippen molar-refractivity contribution >= 4 is 23.2 Å². The second-order valence-corrected chi connectivity index (χ2v) is 7.14. The van der Waals surface area contributed by atoms with Gasteiger partial charge in [-0.15, -0.1) is 0 Å². The number of nitrogens with one attached hydrogen (secondary N) is 1. The summed E-state index contributed by atoms with van der Waals surface area (Å²) in [6, 6.07) is 18.0. The third-order valence-corrected chi connectivity index (χ3v) is 5.04. The van der Waals surface area contributed by atoms with E-state index < -0.39 is 0 Å². The molecule has 3 rings (SSSR count). The molecule has 2 aromatic rings. The van der Waals surface area contributed by atoms with Gasteiger partial charge in [0.25, 0.3) is 5.91 Å².